The number of rotatable bonds is 3. The van der Waals surface area contributed by atoms with E-state index in [1.165, 1.54) is 22.2 Å². The Balaban J connectivity index is 2.09. The van der Waals surface area contributed by atoms with Crippen LogP contribution in [0.1, 0.15) is 11.4 Å². The van der Waals surface area contributed by atoms with Crippen LogP contribution in [-0.2, 0) is 17.1 Å². The van der Waals surface area contributed by atoms with Gasteiger partial charge < -0.3 is 0 Å². The van der Waals surface area contributed by atoms with Crippen molar-refractivity contribution in [2.24, 2.45) is 7.05 Å². The summed E-state index contributed by atoms with van der Waals surface area (Å²) in [6, 6.07) is 1.75. The zero-order valence-corrected chi connectivity index (χ0v) is 13.3. The monoisotopic (exact) mass is 323 g/mol. The topological polar surface area (TPSA) is 89.8 Å². The molecule has 0 radical (unpaired) electrons. The summed E-state index contributed by atoms with van der Waals surface area (Å²) in [6.45, 7) is 3.61. The van der Waals surface area contributed by atoms with Crippen LogP contribution < -0.4 is 4.72 Å². The lowest BCUT2D eigenvalue weighted by atomic mass is 10.2. The van der Waals surface area contributed by atoms with Gasteiger partial charge >= 0.3 is 0 Å². The first-order valence-corrected chi connectivity index (χ1v) is 8.53. The molecule has 3 rings (SSSR count). The summed E-state index contributed by atoms with van der Waals surface area (Å²) in [4.78, 5) is 8.25. The van der Waals surface area contributed by atoms with Gasteiger partial charge in [0.05, 0.1) is 22.6 Å². The molecule has 1 N–H and O–H groups in total. The number of sulfonamides is 1. The maximum atomic E-state index is 12.2. The molecule has 0 saturated heterocycles. The molecule has 0 fully saturated rings. The molecule has 0 aliphatic carbocycles. The van der Waals surface area contributed by atoms with E-state index in [-0.39, 0.29) is 5.03 Å². The second-order valence-electron chi connectivity index (χ2n) is 4.63. The summed E-state index contributed by atoms with van der Waals surface area (Å²) in [6.07, 6.45) is 0. The molecular weight excluding hydrogens is 310 g/mol. The van der Waals surface area contributed by atoms with Crippen LogP contribution in [0.4, 0.5) is 5.69 Å². The van der Waals surface area contributed by atoms with Gasteiger partial charge in [-0.1, -0.05) is 0 Å². The van der Waals surface area contributed by atoms with E-state index in [4.69, 9.17) is 0 Å². The molecule has 0 spiro atoms. The summed E-state index contributed by atoms with van der Waals surface area (Å²) in [5.74, 6) is 0. The van der Waals surface area contributed by atoms with E-state index in [2.05, 4.69) is 19.8 Å². The van der Waals surface area contributed by atoms with Gasteiger partial charge in [0.15, 0.2) is 10.7 Å². The fourth-order valence-corrected chi connectivity index (χ4v) is 4.01. The summed E-state index contributed by atoms with van der Waals surface area (Å²) < 4.78 is 28.7. The first-order valence-electron chi connectivity index (χ1n) is 6.10. The van der Waals surface area contributed by atoms with E-state index >= 15 is 0 Å². The second kappa shape index (κ2) is 4.78. The Bertz CT molecular complexity index is 913. The van der Waals surface area contributed by atoms with Gasteiger partial charge in [-0.15, -0.1) is 11.3 Å². The number of aryl methyl sites for hydroxylation is 3. The van der Waals surface area contributed by atoms with Gasteiger partial charge in [-0.2, -0.15) is 13.5 Å². The Hall–Kier alpha value is -2.00. The fourth-order valence-electron chi connectivity index (χ4n) is 2.07. The molecule has 7 nitrogen and oxygen atoms in total. The Labute approximate surface area is 125 Å². The lowest BCUT2D eigenvalue weighted by molar-refractivity contribution is 0.598. The number of aromatic nitrogens is 4. The Kier molecular flexibility index (Phi) is 3.18. The van der Waals surface area contributed by atoms with Crippen molar-refractivity contribution >= 4 is 38.1 Å². The number of nitrogens with one attached hydrogen (secondary N) is 1. The van der Waals surface area contributed by atoms with E-state index < -0.39 is 10.0 Å². The Morgan fingerprint density at radius 2 is 2.05 bits per heavy atom. The van der Waals surface area contributed by atoms with Gasteiger partial charge in [-0.3, -0.25) is 9.40 Å². The number of anilines is 1. The molecule has 0 aromatic carbocycles. The van der Waals surface area contributed by atoms with Gasteiger partial charge in [0, 0.05) is 17.8 Å². The average Bonchev–Trinajstić information content (AvgIpc) is 3.02. The van der Waals surface area contributed by atoms with Crippen molar-refractivity contribution in [1.29, 1.82) is 0 Å². The minimum absolute atomic E-state index is 0.00917. The Morgan fingerprint density at radius 3 is 2.71 bits per heavy atom. The molecule has 0 bridgehead atoms. The number of pyridine rings is 1. The van der Waals surface area contributed by atoms with Crippen LogP contribution >= 0.6 is 11.3 Å². The van der Waals surface area contributed by atoms with Gasteiger partial charge in [0.2, 0.25) is 0 Å². The smallest absolute Gasteiger partial charge is 0.276 e. The van der Waals surface area contributed by atoms with E-state index in [1.807, 2.05) is 6.92 Å². The zero-order valence-electron chi connectivity index (χ0n) is 11.7. The van der Waals surface area contributed by atoms with Crippen LogP contribution in [0, 0.1) is 13.8 Å². The average molecular weight is 323 g/mol. The highest BCUT2D eigenvalue weighted by atomic mass is 32.2. The van der Waals surface area contributed by atoms with Crippen molar-refractivity contribution in [3.05, 3.63) is 28.3 Å². The molecule has 3 aromatic heterocycles. The minimum atomic E-state index is -3.69. The van der Waals surface area contributed by atoms with Gasteiger partial charge in [0.25, 0.3) is 10.0 Å². The Morgan fingerprint density at radius 1 is 1.29 bits per heavy atom. The largest absolute Gasteiger partial charge is 0.280 e. The third-order valence-electron chi connectivity index (χ3n) is 3.12. The molecule has 110 valence electrons. The van der Waals surface area contributed by atoms with Crippen molar-refractivity contribution in [1.82, 2.24) is 19.7 Å². The molecule has 3 heterocycles. The molecule has 0 aliphatic heterocycles. The highest BCUT2D eigenvalue weighted by molar-refractivity contribution is 7.92. The molecule has 0 unspecified atom stereocenters. The molecule has 21 heavy (non-hydrogen) atoms. The summed E-state index contributed by atoms with van der Waals surface area (Å²) in [5.41, 5.74) is 4.03. The molecule has 0 saturated carbocycles. The van der Waals surface area contributed by atoms with Gasteiger partial charge in [-0.05, 0) is 19.9 Å². The summed E-state index contributed by atoms with van der Waals surface area (Å²) >= 11 is 1.23. The van der Waals surface area contributed by atoms with E-state index in [9.17, 15) is 8.42 Å². The zero-order chi connectivity index (χ0) is 15.2. The van der Waals surface area contributed by atoms with Gasteiger partial charge in [0.1, 0.15) is 0 Å². The van der Waals surface area contributed by atoms with Crippen LogP contribution in [0.15, 0.2) is 22.0 Å². The van der Waals surface area contributed by atoms with Crippen LogP contribution in [-0.4, -0.2) is 28.2 Å². The van der Waals surface area contributed by atoms with Crippen molar-refractivity contribution in [2.45, 2.75) is 18.9 Å². The quantitative estimate of drug-likeness (QED) is 0.794. The fraction of sp³-hybridized carbons (Fsp3) is 0.250. The van der Waals surface area contributed by atoms with Crippen LogP contribution in [0.2, 0.25) is 0 Å². The van der Waals surface area contributed by atoms with Crippen molar-refractivity contribution in [2.75, 3.05) is 4.72 Å². The SMILES string of the molecule is Cc1nc2c(cc1NS(=O)(=O)c1cscn1)c(C)nn2C. The van der Waals surface area contributed by atoms with Crippen LogP contribution in [0.25, 0.3) is 11.0 Å². The number of hydrogen-bond donors (Lipinski definition) is 1. The van der Waals surface area contributed by atoms with Crippen LogP contribution in [0.5, 0.6) is 0 Å². The van der Waals surface area contributed by atoms with E-state index in [0.717, 1.165) is 16.7 Å². The van der Waals surface area contributed by atoms with Crippen LogP contribution in [0.3, 0.4) is 0 Å². The normalized spacial score (nSPS) is 12.0. The molecule has 0 atom stereocenters. The molecule has 0 amide bonds. The summed E-state index contributed by atoms with van der Waals surface area (Å²) in [7, 11) is -1.88. The molecular formula is C12H13N5O2S2. The van der Waals surface area contributed by atoms with Gasteiger partial charge in [-0.25, -0.2) is 9.97 Å². The predicted octanol–water partition coefficient (Wildman–Crippen LogP) is 1.84. The van der Waals surface area contributed by atoms with Crippen molar-refractivity contribution in [3.8, 4) is 0 Å². The number of nitrogens with zero attached hydrogens (tertiary/aromatic N) is 4. The lowest BCUT2D eigenvalue weighted by Crippen LogP contribution is -2.14. The maximum absolute atomic E-state index is 12.2. The highest BCUT2D eigenvalue weighted by Gasteiger charge is 2.19. The molecule has 0 aliphatic rings. The first kappa shape index (κ1) is 14.0. The molecule has 3 aromatic rings. The minimum Gasteiger partial charge on any atom is -0.276 e. The molecule has 9 heteroatoms. The lowest BCUT2D eigenvalue weighted by Gasteiger charge is -2.09. The third kappa shape index (κ3) is 2.38. The second-order valence-corrected chi connectivity index (χ2v) is 6.98. The van der Waals surface area contributed by atoms with E-state index in [0.29, 0.717) is 11.4 Å². The number of thiazole rings is 1. The van der Waals surface area contributed by atoms with E-state index in [1.54, 1.807) is 24.7 Å². The maximum Gasteiger partial charge on any atom is 0.280 e. The highest BCUT2D eigenvalue weighted by Crippen LogP contribution is 2.24. The van der Waals surface area contributed by atoms with Crippen molar-refractivity contribution < 1.29 is 8.42 Å². The predicted molar refractivity (Wildman–Crippen MR) is 80.9 cm³/mol. The number of hydrogen-bond acceptors (Lipinski definition) is 6. The number of fused-ring (bicyclic) bond motifs is 1. The first-order chi connectivity index (χ1) is 9.88. The summed E-state index contributed by atoms with van der Waals surface area (Å²) in [5, 5.41) is 6.60. The van der Waals surface area contributed by atoms with Crippen molar-refractivity contribution in [3.63, 3.8) is 0 Å². The third-order valence-corrected chi connectivity index (χ3v) is 5.12. The standard InChI is InChI=1S/C12H13N5O2S2/c1-7-9-4-10(8(2)14-12(9)17(3)15-7)16-21(18,19)11-5-20-6-13-11/h4-6,16H,1-3H3.